The van der Waals surface area contributed by atoms with E-state index >= 15 is 0 Å². The van der Waals surface area contributed by atoms with Crippen LogP contribution in [0.25, 0.3) is 0 Å². The number of carbonyl (C=O) groups excluding carboxylic acids is 1. The molecule has 2 rings (SSSR count). The van der Waals surface area contributed by atoms with Crippen molar-refractivity contribution in [3.63, 3.8) is 0 Å². The van der Waals surface area contributed by atoms with Gasteiger partial charge in [0, 0.05) is 12.6 Å². The van der Waals surface area contributed by atoms with Gasteiger partial charge >= 0.3 is 0 Å². The van der Waals surface area contributed by atoms with Crippen molar-refractivity contribution in [3.05, 3.63) is 0 Å². The molecule has 1 heterocycles. The van der Waals surface area contributed by atoms with Gasteiger partial charge in [0.2, 0.25) is 5.91 Å². The molecule has 2 aliphatic rings. The van der Waals surface area contributed by atoms with Crippen molar-refractivity contribution >= 4 is 5.91 Å². The number of likely N-dealkylation sites (tertiary alicyclic amines) is 1. The molecule has 0 spiro atoms. The van der Waals surface area contributed by atoms with Crippen molar-refractivity contribution < 1.29 is 4.79 Å². The molecule has 0 bridgehead atoms. The first-order valence-corrected chi connectivity index (χ1v) is 7.79. The van der Waals surface area contributed by atoms with Gasteiger partial charge in [0.15, 0.2) is 0 Å². The average molecular weight is 267 g/mol. The molecule has 0 radical (unpaired) electrons. The van der Waals surface area contributed by atoms with Crippen LogP contribution in [0.3, 0.4) is 0 Å². The van der Waals surface area contributed by atoms with Gasteiger partial charge in [0.05, 0.1) is 5.54 Å². The average Bonchev–Trinajstić information content (AvgIpc) is 3.16. The Morgan fingerprint density at radius 3 is 2.68 bits per heavy atom. The smallest absolute Gasteiger partial charge is 0.237 e. The van der Waals surface area contributed by atoms with Crippen molar-refractivity contribution in [1.29, 1.82) is 0 Å². The van der Waals surface area contributed by atoms with E-state index < -0.39 is 5.54 Å². The largest absolute Gasteiger partial charge is 0.368 e. The molecule has 1 aliphatic carbocycles. The van der Waals surface area contributed by atoms with Crippen molar-refractivity contribution in [1.82, 2.24) is 10.2 Å². The Kier molecular flexibility index (Phi) is 4.85. The van der Waals surface area contributed by atoms with E-state index in [9.17, 15) is 4.79 Å². The van der Waals surface area contributed by atoms with Crippen molar-refractivity contribution in [2.24, 2.45) is 11.7 Å². The fraction of sp³-hybridized carbons (Fsp3) is 0.933. The Bertz CT molecular complexity index is 317. The maximum absolute atomic E-state index is 11.7. The van der Waals surface area contributed by atoms with Crippen LogP contribution in [0.15, 0.2) is 0 Å². The number of primary amides is 1. The third kappa shape index (κ3) is 4.46. The summed E-state index contributed by atoms with van der Waals surface area (Å²) >= 11 is 0. The maximum Gasteiger partial charge on any atom is 0.237 e. The van der Waals surface area contributed by atoms with Gasteiger partial charge in [-0.05, 0) is 64.5 Å². The quantitative estimate of drug-likeness (QED) is 0.766. The molecule has 1 saturated carbocycles. The van der Waals surface area contributed by atoms with Crippen LogP contribution < -0.4 is 11.1 Å². The lowest BCUT2D eigenvalue weighted by Crippen LogP contribution is -2.55. The second kappa shape index (κ2) is 6.23. The summed E-state index contributed by atoms with van der Waals surface area (Å²) < 4.78 is 0. The minimum atomic E-state index is -0.529. The Balaban J connectivity index is 1.82. The molecule has 19 heavy (non-hydrogen) atoms. The molecular formula is C15H29N3O. The molecule has 0 aromatic rings. The van der Waals surface area contributed by atoms with Gasteiger partial charge in [0.1, 0.15) is 0 Å². The first kappa shape index (κ1) is 14.8. The number of nitrogens with two attached hydrogens (primary N) is 1. The van der Waals surface area contributed by atoms with Crippen LogP contribution in [0, 0.1) is 5.92 Å². The zero-order chi connectivity index (χ0) is 13.9. The SMILES string of the molecule is CC1CCCN(CCC(C)(NC2CC2)C(N)=O)CC1. The Labute approximate surface area is 117 Å². The first-order valence-electron chi connectivity index (χ1n) is 7.79. The number of amides is 1. The monoisotopic (exact) mass is 267 g/mol. The number of hydrogen-bond donors (Lipinski definition) is 2. The molecule has 3 N–H and O–H groups in total. The molecule has 2 atom stereocenters. The van der Waals surface area contributed by atoms with Crippen LogP contribution in [-0.4, -0.2) is 42.0 Å². The third-order valence-electron chi connectivity index (χ3n) is 4.68. The van der Waals surface area contributed by atoms with E-state index in [1.807, 2.05) is 6.92 Å². The topological polar surface area (TPSA) is 58.4 Å². The van der Waals surface area contributed by atoms with Crippen LogP contribution in [0.1, 0.15) is 52.4 Å². The van der Waals surface area contributed by atoms with E-state index in [1.54, 1.807) is 0 Å². The summed E-state index contributed by atoms with van der Waals surface area (Å²) in [5.41, 5.74) is 5.07. The molecule has 1 aliphatic heterocycles. The van der Waals surface area contributed by atoms with Gasteiger partial charge in [-0.15, -0.1) is 0 Å². The Morgan fingerprint density at radius 2 is 2.05 bits per heavy atom. The molecule has 110 valence electrons. The van der Waals surface area contributed by atoms with E-state index in [0.29, 0.717) is 6.04 Å². The molecule has 4 heteroatoms. The summed E-state index contributed by atoms with van der Waals surface area (Å²) in [5.74, 6) is 0.639. The van der Waals surface area contributed by atoms with Crippen LogP contribution in [0.2, 0.25) is 0 Å². The number of nitrogens with one attached hydrogen (secondary N) is 1. The zero-order valence-electron chi connectivity index (χ0n) is 12.5. The number of carbonyl (C=O) groups is 1. The fourth-order valence-corrected chi connectivity index (χ4v) is 2.87. The summed E-state index contributed by atoms with van der Waals surface area (Å²) in [5, 5.41) is 3.43. The minimum absolute atomic E-state index is 0.206. The molecule has 4 nitrogen and oxygen atoms in total. The molecule has 0 aromatic carbocycles. The van der Waals surface area contributed by atoms with E-state index in [1.165, 1.54) is 45.2 Å². The van der Waals surface area contributed by atoms with Crippen molar-refractivity contribution in [2.45, 2.75) is 64.0 Å². The van der Waals surface area contributed by atoms with Crippen LogP contribution >= 0.6 is 0 Å². The molecule has 2 unspecified atom stereocenters. The second-order valence-corrected chi connectivity index (χ2v) is 6.74. The highest BCUT2D eigenvalue weighted by Gasteiger charge is 2.37. The highest BCUT2D eigenvalue weighted by molar-refractivity contribution is 5.84. The number of nitrogens with zero attached hydrogens (tertiary/aromatic N) is 1. The molecule has 1 saturated heterocycles. The van der Waals surface area contributed by atoms with E-state index in [-0.39, 0.29) is 5.91 Å². The third-order valence-corrected chi connectivity index (χ3v) is 4.68. The van der Waals surface area contributed by atoms with Crippen molar-refractivity contribution in [3.8, 4) is 0 Å². The highest BCUT2D eigenvalue weighted by atomic mass is 16.1. The van der Waals surface area contributed by atoms with Gasteiger partial charge in [0.25, 0.3) is 0 Å². The summed E-state index contributed by atoms with van der Waals surface area (Å²) in [6.45, 7) is 7.62. The number of hydrogen-bond acceptors (Lipinski definition) is 3. The highest BCUT2D eigenvalue weighted by Crippen LogP contribution is 2.24. The normalized spacial score (nSPS) is 28.6. The van der Waals surface area contributed by atoms with E-state index in [2.05, 4.69) is 17.1 Å². The van der Waals surface area contributed by atoms with E-state index in [4.69, 9.17) is 5.73 Å². The van der Waals surface area contributed by atoms with E-state index in [0.717, 1.165) is 18.9 Å². The summed E-state index contributed by atoms with van der Waals surface area (Å²) in [6, 6.07) is 0.515. The van der Waals surface area contributed by atoms with Gasteiger partial charge in [-0.2, -0.15) is 0 Å². The lowest BCUT2D eigenvalue weighted by molar-refractivity contribution is -0.124. The predicted molar refractivity (Wildman–Crippen MR) is 77.8 cm³/mol. The first-order chi connectivity index (χ1) is 8.99. The van der Waals surface area contributed by atoms with Crippen LogP contribution in [0.4, 0.5) is 0 Å². The van der Waals surface area contributed by atoms with Crippen LogP contribution in [-0.2, 0) is 4.79 Å². The van der Waals surface area contributed by atoms with Crippen molar-refractivity contribution in [2.75, 3.05) is 19.6 Å². The summed E-state index contributed by atoms with van der Waals surface area (Å²) in [4.78, 5) is 14.2. The summed E-state index contributed by atoms with van der Waals surface area (Å²) in [7, 11) is 0. The lowest BCUT2D eigenvalue weighted by Gasteiger charge is -2.30. The molecule has 0 aromatic heterocycles. The minimum Gasteiger partial charge on any atom is -0.368 e. The standard InChI is InChI=1S/C15H29N3O/c1-12-4-3-9-18(10-7-12)11-8-15(2,14(16)19)17-13-5-6-13/h12-13,17H,3-11H2,1-2H3,(H2,16,19). The maximum atomic E-state index is 11.7. The van der Waals surface area contributed by atoms with Gasteiger partial charge < -0.3 is 16.0 Å². The van der Waals surface area contributed by atoms with Gasteiger partial charge in [-0.25, -0.2) is 0 Å². The Morgan fingerprint density at radius 1 is 1.32 bits per heavy atom. The molecule has 1 amide bonds. The number of rotatable bonds is 6. The lowest BCUT2D eigenvalue weighted by atomic mass is 9.96. The summed E-state index contributed by atoms with van der Waals surface area (Å²) in [6.07, 6.45) is 7.10. The van der Waals surface area contributed by atoms with Gasteiger partial charge in [-0.1, -0.05) is 6.92 Å². The fourth-order valence-electron chi connectivity index (χ4n) is 2.87. The van der Waals surface area contributed by atoms with Gasteiger partial charge in [-0.3, -0.25) is 4.79 Å². The molecular weight excluding hydrogens is 238 g/mol. The van der Waals surface area contributed by atoms with Crippen LogP contribution in [0.5, 0.6) is 0 Å². The Hall–Kier alpha value is -0.610. The molecule has 2 fully saturated rings. The zero-order valence-corrected chi connectivity index (χ0v) is 12.5. The predicted octanol–water partition coefficient (Wildman–Crippen LogP) is 1.49. The second-order valence-electron chi connectivity index (χ2n) is 6.74.